The van der Waals surface area contributed by atoms with Crippen LogP contribution < -0.4 is 11.1 Å². The number of carbonyl (C=O) groups excluding carboxylic acids is 3. The van der Waals surface area contributed by atoms with Gasteiger partial charge in [0.2, 0.25) is 5.91 Å². The Morgan fingerprint density at radius 3 is 2.02 bits per heavy atom. The average molecular weight is 580 g/mol. The second-order valence-corrected chi connectivity index (χ2v) is 10.7. The highest BCUT2D eigenvalue weighted by Gasteiger charge is 2.39. The Morgan fingerprint density at radius 2 is 1.49 bits per heavy atom. The van der Waals surface area contributed by atoms with Gasteiger partial charge in [-0.1, -0.05) is 91.0 Å². The quantitative estimate of drug-likeness (QED) is 0.274. The number of ether oxygens (including phenoxy) is 1. The fourth-order valence-corrected chi connectivity index (χ4v) is 6.00. The molecule has 1 saturated heterocycles. The Hall–Kier alpha value is -4.92. The molecule has 3 aromatic carbocycles. The number of benzene rings is 3. The molecule has 3 N–H and O–H groups in total. The second kappa shape index (κ2) is 13.4. The van der Waals surface area contributed by atoms with Crippen molar-refractivity contribution >= 4 is 17.9 Å². The molecule has 0 aliphatic carbocycles. The molecule has 5 rings (SSSR count). The number of nitrogens with one attached hydrogen (secondary N) is 1. The Kier molecular flexibility index (Phi) is 9.20. The molecule has 0 bridgehead atoms. The van der Waals surface area contributed by atoms with Gasteiger partial charge in [0.1, 0.15) is 5.54 Å². The van der Waals surface area contributed by atoms with E-state index in [1.165, 1.54) is 0 Å². The molecule has 43 heavy (non-hydrogen) atoms. The monoisotopic (exact) mass is 579 g/mol. The van der Waals surface area contributed by atoms with Crippen LogP contribution in [-0.4, -0.2) is 58.1 Å². The predicted octanol–water partition coefficient (Wildman–Crippen LogP) is 4.17. The fourth-order valence-electron chi connectivity index (χ4n) is 6.00. The van der Waals surface area contributed by atoms with Crippen LogP contribution in [0.15, 0.2) is 97.3 Å². The van der Waals surface area contributed by atoms with Crippen LogP contribution in [0.25, 0.3) is 0 Å². The number of aryl methyl sites for hydroxylation is 1. The molecule has 4 aromatic rings. The lowest BCUT2D eigenvalue weighted by atomic mass is 9.76. The van der Waals surface area contributed by atoms with E-state index in [1.54, 1.807) is 4.90 Å². The molecular weight excluding hydrogens is 542 g/mol. The topological polar surface area (TPSA) is 120 Å². The van der Waals surface area contributed by atoms with Gasteiger partial charge in [-0.25, -0.2) is 9.78 Å². The molecule has 1 aliphatic heterocycles. The highest BCUT2D eigenvalue weighted by Crippen LogP contribution is 2.42. The van der Waals surface area contributed by atoms with Gasteiger partial charge < -0.3 is 25.3 Å². The third-order valence-electron chi connectivity index (χ3n) is 8.08. The lowest BCUT2D eigenvalue weighted by Crippen LogP contribution is -2.43. The number of amides is 3. The zero-order valence-electron chi connectivity index (χ0n) is 24.3. The van der Waals surface area contributed by atoms with Crippen molar-refractivity contribution in [3.05, 3.63) is 125 Å². The summed E-state index contributed by atoms with van der Waals surface area (Å²) in [6.45, 7) is 3.05. The lowest BCUT2D eigenvalue weighted by molar-refractivity contribution is -0.140. The summed E-state index contributed by atoms with van der Waals surface area (Å²) in [5, 5.41) is 2.75. The summed E-state index contributed by atoms with van der Waals surface area (Å²) in [6.07, 6.45) is 1.47. The largest absolute Gasteiger partial charge is 0.436 e. The maximum atomic E-state index is 13.2. The number of imidazole rings is 1. The van der Waals surface area contributed by atoms with Crippen molar-refractivity contribution in [2.75, 3.05) is 19.6 Å². The standard InChI is InChI=1S/C34H37N5O4/c1-25-29(18-11-19-30(43-33(35)42)32(41)38-22-20-31(40)36-21-23-38)37-24-39(25)34(26-12-5-2-6-13-26,27-14-7-3-8-15-27)28-16-9-4-10-17-28/h2-10,12-17,24,30H,11,18-23H2,1H3,(H2,35,42)(H,36,40)/t30-/m0/s1. The maximum absolute atomic E-state index is 13.2. The van der Waals surface area contributed by atoms with Gasteiger partial charge >= 0.3 is 6.09 Å². The van der Waals surface area contributed by atoms with Gasteiger partial charge in [-0.2, -0.15) is 0 Å². The molecule has 1 atom stereocenters. The van der Waals surface area contributed by atoms with E-state index in [1.807, 2.05) is 24.5 Å². The molecular formula is C34H37N5O4. The minimum atomic E-state index is -1.02. The highest BCUT2D eigenvalue weighted by atomic mass is 16.6. The van der Waals surface area contributed by atoms with E-state index in [-0.39, 0.29) is 31.2 Å². The molecule has 1 fully saturated rings. The number of primary amides is 1. The first-order chi connectivity index (χ1) is 20.9. The van der Waals surface area contributed by atoms with E-state index in [4.69, 9.17) is 15.5 Å². The third-order valence-corrected chi connectivity index (χ3v) is 8.08. The van der Waals surface area contributed by atoms with Gasteiger partial charge in [0.05, 0.1) is 12.0 Å². The predicted molar refractivity (Wildman–Crippen MR) is 163 cm³/mol. The molecule has 2 heterocycles. The summed E-state index contributed by atoms with van der Waals surface area (Å²) in [6, 6.07) is 31.2. The van der Waals surface area contributed by atoms with Crippen LogP contribution in [0.4, 0.5) is 4.79 Å². The number of carbonyl (C=O) groups is 3. The number of rotatable bonds is 10. The molecule has 0 saturated carbocycles. The Balaban J connectivity index is 1.44. The van der Waals surface area contributed by atoms with Crippen LogP contribution in [0.1, 0.15) is 47.3 Å². The van der Waals surface area contributed by atoms with Crippen LogP contribution >= 0.6 is 0 Å². The minimum absolute atomic E-state index is 0.105. The first-order valence-corrected chi connectivity index (χ1v) is 14.6. The van der Waals surface area contributed by atoms with Gasteiger partial charge in [0.25, 0.3) is 5.91 Å². The Bertz CT molecular complexity index is 1440. The zero-order chi connectivity index (χ0) is 30.2. The van der Waals surface area contributed by atoms with Gasteiger partial charge in [0, 0.05) is 31.7 Å². The van der Waals surface area contributed by atoms with Crippen molar-refractivity contribution in [1.82, 2.24) is 19.8 Å². The van der Waals surface area contributed by atoms with E-state index in [0.717, 1.165) is 28.1 Å². The van der Waals surface area contributed by atoms with Crippen molar-refractivity contribution in [2.24, 2.45) is 5.73 Å². The van der Waals surface area contributed by atoms with Gasteiger partial charge in [-0.05, 0) is 42.9 Å². The summed E-state index contributed by atoms with van der Waals surface area (Å²) >= 11 is 0. The number of hydrogen-bond acceptors (Lipinski definition) is 5. The molecule has 0 spiro atoms. The normalized spacial score (nSPS) is 14.4. The Labute approximate surface area is 251 Å². The van der Waals surface area contributed by atoms with Crippen LogP contribution in [0.2, 0.25) is 0 Å². The van der Waals surface area contributed by atoms with Crippen molar-refractivity contribution in [1.29, 1.82) is 0 Å². The van der Waals surface area contributed by atoms with Crippen LogP contribution in [0.3, 0.4) is 0 Å². The van der Waals surface area contributed by atoms with E-state index in [9.17, 15) is 14.4 Å². The first-order valence-electron chi connectivity index (χ1n) is 14.6. The summed E-state index contributed by atoms with van der Waals surface area (Å²) < 4.78 is 7.48. The molecule has 1 aromatic heterocycles. The first kappa shape index (κ1) is 29.6. The van der Waals surface area contributed by atoms with Crippen molar-refractivity contribution in [3.8, 4) is 0 Å². The zero-order valence-corrected chi connectivity index (χ0v) is 24.3. The molecule has 0 radical (unpaired) electrons. The summed E-state index contributed by atoms with van der Waals surface area (Å²) in [7, 11) is 0. The van der Waals surface area contributed by atoms with Crippen molar-refractivity contribution in [2.45, 2.75) is 44.2 Å². The van der Waals surface area contributed by atoms with Gasteiger partial charge in [-0.3, -0.25) is 9.59 Å². The molecule has 9 heteroatoms. The van der Waals surface area contributed by atoms with Crippen molar-refractivity contribution in [3.63, 3.8) is 0 Å². The second-order valence-electron chi connectivity index (χ2n) is 10.7. The number of nitrogens with two attached hydrogens (primary N) is 1. The van der Waals surface area contributed by atoms with Crippen LogP contribution in [-0.2, 0) is 26.3 Å². The fraction of sp³-hybridized carbons (Fsp3) is 0.294. The summed E-state index contributed by atoms with van der Waals surface area (Å²) in [4.78, 5) is 43.1. The number of nitrogens with zero attached hydrogens (tertiary/aromatic N) is 3. The SMILES string of the molecule is Cc1c(CCC[C@H](OC(N)=O)C(=O)N2CCNC(=O)CC2)ncn1C(c1ccccc1)(c1ccccc1)c1ccccc1. The van der Waals surface area contributed by atoms with Crippen molar-refractivity contribution < 1.29 is 19.1 Å². The maximum Gasteiger partial charge on any atom is 0.405 e. The van der Waals surface area contributed by atoms with Gasteiger partial charge in [0.15, 0.2) is 6.10 Å². The third kappa shape index (κ3) is 6.30. The number of hydrogen-bond donors (Lipinski definition) is 2. The lowest BCUT2D eigenvalue weighted by Gasteiger charge is -2.38. The molecule has 0 unspecified atom stereocenters. The number of aromatic nitrogens is 2. The van der Waals surface area contributed by atoms with E-state index in [0.29, 0.717) is 25.9 Å². The average Bonchev–Trinajstić information content (AvgIpc) is 3.24. The molecule has 222 valence electrons. The minimum Gasteiger partial charge on any atom is -0.436 e. The molecule has 3 amide bonds. The summed E-state index contributed by atoms with van der Waals surface area (Å²) in [5.74, 6) is -0.444. The van der Waals surface area contributed by atoms with E-state index < -0.39 is 17.7 Å². The smallest absolute Gasteiger partial charge is 0.405 e. The summed E-state index contributed by atoms with van der Waals surface area (Å²) in [5.41, 5.74) is 9.84. The Morgan fingerprint density at radius 1 is 0.930 bits per heavy atom. The molecule has 1 aliphatic rings. The highest BCUT2D eigenvalue weighted by molar-refractivity contribution is 5.84. The van der Waals surface area contributed by atoms with Crippen LogP contribution in [0.5, 0.6) is 0 Å². The molecule has 9 nitrogen and oxygen atoms in total. The van der Waals surface area contributed by atoms with E-state index >= 15 is 0 Å². The van der Waals surface area contributed by atoms with E-state index in [2.05, 4.69) is 89.6 Å². The van der Waals surface area contributed by atoms with Gasteiger partial charge in [-0.15, -0.1) is 0 Å². The van der Waals surface area contributed by atoms with Crippen LogP contribution in [0, 0.1) is 6.92 Å².